The van der Waals surface area contributed by atoms with E-state index in [1.807, 2.05) is 14.1 Å². The molecule has 0 aromatic rings. The fourth-order valence-corrected chi connectivity index (χ4v) is 7.23. The van der Waals surface area contributed by atoms with Gasteiger partial charge >= 0.3 is 0 Å². The minimum atomic E-state index is -4.48. The van der Waals surface area contributed by atoms with Gasteiger partial charge in [-0.1, -0.05) is 181 Å². The highest BCUT2D eigenvalue weighted by Gasteiger charge is 2.20. The van der Waals surface area contributed by atoms with Gasteiger partial charge in [-0.05, 0) is 12.8 Å². The van der Waals surface area contributed by atoms with Crippen LogP contribution in [0.2, 0.25) is 0 Å². The van der Waals surface area contributed by atoms with Crippen molar-refractivity contribution < 1.29 is 42.3 Å². The maximum Gasteiger partial charge on any atom is 0.268 e. The number of likely N-dealkylation sites (N-methyl/N-ethyl adjacent to an activating group) is 1. The molecule has 0 amide bonds. The highest BCUT2D eigenvalue weighted by atomic mass is 31.2. The molecule has 0 saturated heterocycles. The molecule has 0 aliphatic carbocycles. The van der Waals surface area contributed by atoms with Crippen LogP contribution in [0.1, 0.15) is 194 Å². The van der Waals surface area contributed by atoms with Crippen LogP contribution in [0.25, 0.3) is 0 Å². The Morgan fingerprint density at radius 1 is 0.491 bits per heavy atom. The van der Waals surface area contributed by atoms with E-state index in [9.17, 15) is 9.46 Å². The highest BCUT2D eigenvalue weighted by molar-refractivity contribution is 7.45. The Morgan fingerprint density at radius 2 is 0.887 bits per heavy atom. The van der Waals surface area contributed by atoms with Crippen molar-refractivity contribution >= 4 is 7.82 Å². The SMILES string of the molecule is CCCCCCCCCCCCCCCCOCC(COP(=O)([O-])OCC[N+](C)(C)CCOCCO)OCCCCCCCCCCCCCCCC. The average molecular weight is 780 g/mol. The van der Waals surface area contributed by atoms with E-state index in [0.29, 0.717) is 50.6 Å². The van der Waals surface area contributed by atoms with Crippen LogP contribution in [-0.4, -0.2) is 95.7 Å². The number of unbranched alkanes of at least 4 members (excludes halogenated alkanes) is 26. The molecule has 2 unspecified atom stereocenters. The quantitative estimate of drug-likeness (QED) is 0.0370. The van der Waals surface area contributed by atoms with Crippen molar-refractivity contribution in [2.45, 2.75) is 200 Å². The summed E-state index contributed by atoms with van der Waals surface area (Å²) in [6, 6.07) is 0. The molecule has 0 rings (SSSR count). The van der Waals surface area contributed by atoms with Crippen molar-refractivity contribution in [3.05, 3.63) is 0 Å². The molecule has 0 spiro atoms. The highest BCUT2D eigenvalue weighted by Crippen LogP contribution is 2.38. The molecule has 0 saturated carbocycles. The van der Waals surface area contributed by atoms with Gasteiger partial charge < -0.3 is 37.7 Å². The number of hydrogen-bond donors (Lipinski definition) is 1. The molecule has 320 valence electrons. The maximum absolute atomic E-state index is 12.6. The van der Waals surface area contributed by atoms with E-state index >= 15 is 0 Å². The third-order valence-electron chi connectivity index (χ3n) is 10.2. The van der Waals surface area contributed by atoms with Crippen LogP contribution < -0.4 is 4.89 Å². The van der Waals surface area contributed by atoms with E-state index in [-0.39, 0.29) is 19.8 Å². The molecule has 1 N–H and O–H groups in total. The van der Waals surface area contributed by atoms with Gasteiger partial charge in [0.15, 0.2) is 0 Å². The summed E-state index contributed by atoms with van der Waals surface area (Å²) in [6.45, 7) is 7.93. The number of quaternary nitrogens is 1. The average Bonchev–Trinajstić information content (AvgIpc) is 3.13. The molecule has 53 heavy (non-hydrogen) atoms. The van der Waals surface area contributed by atoms with Gasteiger partial charge in [0.2, 0.25) is 0 Å². The van der Waals surface area contributed by atoms with Crippen molar-refractivity contribution in [1.29, 1.82) is 0 Å². The number of aliphatic hydroxyl groups is 1. The Hall–Kier alpha value is -0.0900. The molecular formula is C43H90NO8P. The Kier molecular flexibility index (Phi) is 40.1. The van der Waals surface area contributed by atoms with Crippen LogP contribution in [0.15, 0.2) is 0 Å². The molecule has 0 bridgehead atoms. The second kappa shape index (κ2) is 40.1. The van der Waals surface area contributed by atoms with Crippen LogP contribution in [0, 0.1) is 0 Å². The Bertz CT molecular complexity index is 775. The number of ether oxygens (including phenoxy) is 3. The van der Waals surface area contributed by atoms with Gasteiger partial charge in [-0.15, -0.1) is 0 Å². The Labute approximate surface area is 329 Å². The van der Waals surface area contributed by atoms with Gasteiger partial charge in [-0.2, -0.15) is 0 Å². The van der Waals surface area contributed by atoms with Crippen molar-refractivity contribution in [2.75, 3.05) is 80.0 Å². The van der Waals surface area contributed by atoms with Crippen LogP contribution in [0.5, 0.6) is 0 Å². The van der Waals surface area contributed by atoms with Crippen LogP contribution in [-0.2, 0) is 27.8 Å². The zero-order valence-corrected chi connectivity index (χ0v) is 36.5. The summed E-state index contributed by atoms with van der Waals surface area (Å²) < 4.78 is 41.0. The predicted octanol–water partition coefficient (Wildman–Crippen LogP) is 10.9. The van der Waals surface area contributed by atoms with Crippen molar-refractivity contribution in [2.24, 2.45) is 0 Å². The van der Waals surface area contributed by atoms with Crippen LogP contribution in [0.4, 0.5) is 0 Å². The van der Waals surface area contributed by atoms with Gasteiger partial charge in [0.25, 0.3) is 7.82 Å². The van der Waals surface area contributed by atoms with Crippen LogP contribution in [0.3, 0.4) is 0 Å². The number of phosphoric acid groups is 1. The smallest absolute Gasteiger partial charge is 0.268 e. The van der Waals surface area contributed by atoms with Crippen molar-refractivity contribution in [3.63, 3.8) is 0 Å². The fourth-order valence-electron chi connectivity index (χ4n) is 6.51. The van der Waals surface area contributed by atoms with Gasteiger partial charge in [-0.3, -0.25) is 4.57 Å². The van der Waals surface area contributed by atoms with Crippen molar-refractivity contribution in [1.82, 2.24) is 0 Å². The van der Waals surface area contributed by atoms with Crippen molar-refractivity contribution in [3.8, 4) is 0 Å². The summed E-state index contributed by atoms with van der Waals surface area (Å²) in [4.78, 5) is 12.6. The number of rotatable bonds is 45. The number of nitrogens with zero attached hydrogens (tertiary/aromatic N) is 1. The molecule has 2 atom stereocenters. The zero-order chi connectivity index (χ0) is 39.0. The summed E-state index contributed by atoms with van der Waals surface area (Å²) >= 11 is 0. The predicted molar refractivity (Wildman–Crippen MR) is 220 cm³/mol. The van der Waals surface area contributed by atoms with Gasteiger partial charge in [0.1, 0.15) is 25.8 Å². The molecule has 0 heterocycles. The standard InChI is InChI=1S/C43H90NO8P/c1-5-7-9-11-13-15-17-19-21-23-25-27-29-31-36-49-41-43(42-52-53(46,47)51-39-34-44(3,4)33-38-48-40-35-45)50-37-32-30-28-26-24-22-20-18-16-14-12-10-8-6-2/h43,45H,5-42H2,1-4H3. The summed E-state index contributed by atoms with van der Waals surface area (Å²) in [5.74, 6) is 0. The normalized spacial score (nSPS) is 13.8. The lowest BCUT2D eigenvalue weighted by atomic mass is 10.0. The Balaban J connectivity index is 4.29. The fraction of sp³-hybridized carbons (Fsp3) is 1.00. The topological polar surface area (TPSA) is 107 Å². The number of aliphatic hydroxyl groups excluding tert-OH is 1. The molecule has 0 aliphatic rings. The second-order valence-corrected chi connectivity index (χ2v) is 17.5. The molecule has 0 aliphatic heterocycles. The van der Waals surface area contributed by atoms with E-state index in [2.05, 4.69) is 13.8 Å². The molecule has 10 heteroatoms. The lowest BCUT2D eigenvalue weighted by molar-refractivity contribution is -0.890. The minimum absolute atomic E-state index is 0.0120. The minimum Gasteiger partial charge on any atom is -0.756 e. The molecule has 0 fully saturated rings. The monoisotopic (exact) mass is 780 g/mol. The summed E-state index contributed by atoms with van der Waals surface area (Å²) in [5, 5.41) is 8.87. The van der Waals surface area contributed by atoms with E-state index in [1.54, 1.807) is 0 Å². The lowest BCUT2D eigenvalue weighted by Gasteiger charge is -2.31. The zero-order valence-electron chi connectivity index (χ0n) is 35.6. The summed E-state index contributed by atoms with van der Waals surface area (Å²) in [7, 11) is -0.510. The third kappa shape index (κ3) is 41.4. The van der Waals surface area contributed by atoms with Gasteiger partial charge in [-0.25, -0.2) is 0 Å². The number of phosphoric ester groups is 1. The third-order valence-corrected chi connectivity index (χ3v) is 11.2. The molecule has 0 aromatic heterocycles. The van der Waals surface area contributed by atoms with Gasteiger partial charge in [0, 0.05) is 13.2 Å². The first-order valence-electron chi connectivity index (χ1n) is 22.6. The number of hydrogen-bond acceptors (Lipinski definition) is 8. The van der Waals surface area contributed by atoms with Crippen LogP contribution >= 0.6 is 7.82 Å². The summed E-state index contributed by atoms with van der Waals surface area (Å²) in [5.41, 5.74) is 0. The molecule has 9 nitrogen and oxygen atoms in total. The molecule has 0 aromatic carbocycles. The molecule has 0 radical (unpaired) electrons. The lowest BCUT2D eigenvalue weighted by Crippen LogP contribution is -2.44. The van der Waals surface area contributed by atoms with E-state index in [1.165, 1.54) is 154 Å². The second-order valence-electron chi connectivity index (χ2n) is 16.1. The largest absolute Gasteiger partial charge is 0.756 e. The maximum atomic E-state index is 12.6. The van der Waals surface area contributed by atoms with E-state index < -0.39 is 13.9 Å². The van der Waals surface area contributed by atoms with E-state index in [4.69, 9.17) is 28.4 Å². The first-order chi connectivity index (χ1) is 25.8. The van der Waals surface area contributed by atoms with E-state index in [0.717, 1.165) is 25.7 Å². The first kappa shape index (κ1) is 52.9. The first-order valence-corrected chi connectivity index (χ1v) is 24.0. The Morgan fingerprint density at radius 3 is 1.32 bits per heavy atom. The summed E-state index contributed by atoms with van der Waals surface area (Å²) in [6.07, 6.45) is 36.3. The molecular weight excluding hydrogens is 689 g/mol. The van der Waals surface area contributed by atoms with Gasteiger partial charge in [0.05, 0.1) is 47.1 Å².